The molecule has 0 atom stereocenters. The summed E-state index contributed by atoms with van der Waals surface area (Å²) in [6.07, 6.45) is 4.21. The van der Waals surface area contributed by atoms with Crippen LogP contribution in [-0.4, -0.2) is 9.61 Å². The second-order valence-corrected chi connectivity index (χ2v) is 6.86. The average molecular weight is 336 g/mol. The van der Waals surface area contributed by atoms with Crippen LogP contribution < -0.4 is 0 Å². The third-order valence-electron chi connectivity index (χ3n) is 5.15. The van der Waals surface area contributed by atoms with Gasteiger partial charge in [-0.1, -0.05) is 74.0 Å². The Balaban J connectivity index is 1.85. The molecule has 2 heterocycles. The van der Waals surface area contributed by atoms with Crippen LogP contribution in [0.15, 0.2) is 79.0 Å². The van der Waals surface area contributed by atoms with Gasteiger partial charge in [-0.05, 0) is 40.3 Å². The molecule has 0 saturated carbocycles. The maximum atomic E-state index is 4.76. The van der Waals surface area contributed by atoms with Gasteiger partial charge in [-0.2, -0.15) is 5.10 Å². The van der Waals surface area contributed by atoms with Crippen molar-refractivity contribution >= 4 is 27.1 Å². The van der Waals surface area contributed by atoms with Crippen molar-refractivity contribution in [3.8, 4) is 11.3 Å². The van der Waals surface area contributed by atoms with Gasteiger partial charge in [0, 0.05) is 10.9 Å². The summed E-state index contributed by atoms with van der Waals surface area (Å²) >= 11 is 0. The SMILES string of the molecule is CCCc1cnn2c(-c3ccc4ccccc4c3)cc3ccccc3c12. The first-order chi connectivity index (χ1) is 12.8. The number of nitrogens with zero attached hydrogens (tertiary/aromatic N) is 2. The summed E-state index contributed by atoms with van der Waals surface area (Å²) in [4.78, 5) is 0. The number of aromatic nitrogens is 2. The van der Waals surface area contributed by atoms with Crippen LogP contribution in [0, 0.1) is 0 Å². The van der Waals surface area contributed by atoms with E-state index in [0.29, 0.717) is 0 Å². The average Bonchev–Trinajstić information content (AvgIpc) is 3.11. The first-order valence-electron chi connectivity index (χ1n) is 9.22. The van der Waals surface area contributed by atoms with E-state index in [2.05, 4.69) is 84.2 Å². The highest BCUT2D eigenvalue weighted by Crippen LogP contribution is 2.32. The molecule has 0 bridgehead atoms. The maximum absolute atomic E-state index is 4.76. The van der Waals surface area contributed by atoms with Gasteiger partial charge in [-0.3, -0.25) is 0 Å². The van der Waals surface area contributed by atoms with E-state index in [9.17, 15) is 0 Å². The zero-order valence-electron chi connectivity index (χ0n) is 14.8. The zero-order valence-corrected chi connectivity index (χ0v) is 14.8. The fraction of sp³-hybridized carbons (Fsp3) is 0.125. The molecule has 3 aromatic carbocycles. The van der Waals surface area contributed by atoms with Gasteiger partial charge in [0.2, 0.25) is 0 Å². The molecular formula is C24H20N2. The van der Waals surface area contributed by atoms with Gasteiger partial charge in [0.25, 0.3) is 0 Å². The first kappa shape index (κ1) is 15.2. The van der Waals surface area contributed by atoms with E-state index in [4.69, 9.17) is 5.10 Å². The van der Waals surface area contributed by atoms with Crippen molar-refractivity contribution in [2.75, 3.05) is 0 Å². The Bertz CT molecular complexity index is 1250. The fourth-order valence-corrected chi connectivity index (χ4v) is 3.91. The number of pyridine rings is 1. The lowest BCUT2D eigenvalue weighted by Gasteiger charge is -2.11. The zero-order chi connectivity index (χ0) is 17.5. The van der Waals surface area contributed by atoms with Gasteiger partial charge < -0.3 is 0 Å². The summed E-state index contributed by atoms with van der Waals surface area (Å²) in [5.74, 6) is 0. The van der Waals surface area contributed by atoms with E-state index >= 15 is 0 Å². The molecule has 0 fully saturated rings. The highest BCUT2D eigenvalue weighted by molar-refractivity contribution is 6.00. The van der Waals surface area contributed by atoms with Crippen molar-refractivity contribution < 1.29 is 0 Å². The van der Waals surface area contributed by atoms with Crippen LogP contribution in [0.2, 0.25) is 0 Å². The van der Waals surface area contributed by atoms with Crippen molar-refractivity contribution in [1.29, 1.82) is 0 Å². The molecule has 2 heteroatoms. The molecule has 0 saturated heterocycles. The minimum absolute atomic E-state index is 1.05. The van der Waals surface area contributed by atoms with E-state index in [1.165, 1.54) is 38.2 Å². The molecule has 126 valence electrons. The molecule has 26 heavy (non-hydrogen) atoms. The van der Waals surface area contributed by atoms with Crippen molar-refractivity contribution in [3.63, 3.8) is 0 Å². The molecule has 0 unspecified atom stereocenters. The summed E-state index contributed by atoms with van der Waals surface area (Å²) in [5, 5.41) is 9.82. The van der Waals surface area contributed by atoms with Crippen molar-refractivity contribution in [3.05, 3.63) is 84.6 Å². The van der Waals surface area contributed by atoms with Gasteiger partial charge in [0.15, 0.2) is 0 Å². The smallest absolute Gasteiger partial charge is 0.0779 e. The van der Waals surface area contributed by atoms with E-state index < -0.39 is 0 Å². The molecule has 2 nitrogen and oxygen atoms in total. The topological polar surface area (TPSA) is 17.3 Å². The summed E-state index contributed by atoms with van der Waals surface area (Å²) in [7, 11) is 0. The van der Waals surface area contributed by atoms with Gasteiger partial charge in [0.1, 0.15) is 0 Å². The summed E-state index contributed by atoms with van der Waals surface area (Å²) in [6, 6.07) is 26.0. The fourth-order valence-electron chi connectivity index (χ4n) is 3.91. The van der Waals surface area contributed by atoms with Crippen molar-refractivity contribution in [1.82, 2.24) is 9.61 Å². The molecule has 0 aliphatic carbocycles. The van der Waals surface area contributed by atoms with Crippen LogP contribution in [0.3, 0.4) is 0 Å². The minimum Gasteiger partial charge on any atom is -0.232 e. The molecule has 0 spiro atoms. The van der Waals surface area contributed by atoms with Gasteiger partial charge >= 0.3 is 0 Å². The molecule has 0 radical (unpaired) electrons. The summed E-state index contributed by atoms with van der Waals surface area (Å²) in [5.41, 5.74) is 4.91. The molecular weight excluding hydrogens is 316 g/mol. The predicted molar refractivity (Wildman–Crippen MR) is 110 cm³/mol. The van der Waals surface area contributed by atoms with Crippen LogP contribution in [0.4, 0.5) is 0 Å². The van der Waals surface area contributed by atoms with Crippen LogP contribution in [0.1, 0.15) is 18.9 Å². The summed E-state index contributed by atoms with van der Waals surface area (Å²) in [6.45, 7) is 2.22. The lowest BCUT2D eigenvalue weighted by molar-refractivity contribution is 0.929. The van der Waals surface area contributed by atoms with Crippen molar-refractivity contribution in [2.45, 2.75) is 19.8 Å². The van der Waals surface area contributed by atoms with Crippen LogP contribution >= 0.6 is 0 Å². The molecule has 5 rings (SSSR count). The van der Waals surface area contributed by atoms with Gasteiger partial charge in [0.05, 0.1) is 17.4 Å². The number of hydrogen-bond acceptors (Lipinski definition) is 1. The second-order valence-electron chi connectivity index (χ2n) is 6.86. The number of hydrogen-bond donors (Lipinski definition) is 0. The third kappa shape index (κ3) is 2.30. The summed E-state index contributed by atoms with van der Waals surface area (Å²) < 4.78 is 2.12. The molecule has 0 N–H and O–H groups in total. The Hall–Kier alpha value is -3.13. The molecule has 2 aromatic heterocycles. The molecule has 0 amide bonds. The van der Waals surface area contributed by atoms with E-state index in [1.54, 1.807) is 0 Å². The second kappa shape index (κ2) is 5.99. The quantitative estimate of drug-likeness (QED) is 0.380. The first-order valence-corrected chi connectivity index (χ1v) is 9.22. The van der Waals surface area contributed by atoms with Crippen LogP contribution in [0.5, 0.6) is 0 Å². The Morgan fingerprint density at radius 2 is 1.58 bits per heavy atom. The van der Waals surface area contributed by atoms with E-state index in [0.717, 1.165) is 18.5 Å². The van der Waals surface area contributed by atoms with Crippen LogP contribution in [0.25, 0.3) is 38.3 Å². The number of aryl methyl sites for hydroxylation is 1. The predicted octanol–water partition coefficient (Wildman–Crippen LogP) is 6.26. The monoisotopic (exact) mass is 336 g/mol. The lowest BCUT2D eigenvalue weighted by atomic mass is 10.0. The highest BCUT2D eigenvalue weighted by atomic mass is 15.2. The van der Waals surface area contributed by atoms with Crippen LogP contribution in [-0.2, 0) is 6.42 Å². The molecule has 5 aromatic rings. The number of fused-ring (bicyclic) bond motifs is 4. The van der Waals surface area contributed by atoms with Gasteiger partial charge in [-0.25, -0.2) is 4.52 Å². The van der Waals surface area contributed by atoms with E-state index in [-0.39, 0.29) is 0 Å². The largest absolute Gasteiger partial charge is 0.232 e. The minimum atomic E-state index is 1.05. The van der Waals surface area contributed by atoms with Gasteiger partial charge in [-0.15, -0.1) is 0 Å². The molecule has 0 aliphatic rings. The molecule has 0 aliphatic heterocycles. The third-order valence-corrected chi connectivity index (χ3v) is 5.15. The normalized spacial score (nSPS) is 11.6. The van der Waals surface area contributed by atoms with Crippen molar-refractivity contribution in [2.24, 2.45) is 0 Å². The lowest BCUT2D eigenvalue weighted by Crippen LogP contribution is -1.96. The number of rotatable bonds is 3. The van der Waals surface area contributed by atoms with E-state index in [1.807, 2.05) is 6.20 Å². The number of benzene rings is 3. The Labute approximate surface area is 152 Å². The maximum Gasteiger partial charge on any atom is 0.0779 e. The highest BCUT2D eigenvalue weighted by Gasteiger charge is 2.13. The Morgan fingerprint density at radius 1 is 0.808 bits per heavy atom. The Kier molecular flexibility index (Phi) is 3.49. The standard InChI is InChI=1S/C24H20N2/c1-2-7-21-16-25-26-23(15-19-10-5-6-11-22(19)24(21)26)20-13-12-17-8-3-4-9-18(17)14-20/h3-6,8-16H,2,7H2,1H3. The Morgan fingerprint density at radius 3 is 2.42 bits per heavy atom.